The van der Waals surface area contributed by atoms with Gasteiger partial charge < -0.3 is 10.7 Å². The number of amides is 1. The Morgan fingerprint density at radius 3 is 2.50 bits per heavy atom. The van der Waals surface area contributed by atoms with Gasteiger partial charge in [-0.1, -0.05) is 19.8 Å². The number of rotatable bonds is 4. The molecule has 0 fully saturated rings. The van der Waals surface area contributed by atoms with Crippen LogP contribution in [-0.2, 0) is 4.79 Å². The first kappa shape index (κ1) is 13.1. The van der Waals surface area contributed by atoms with E-state index in [2.05, 4.69) is 6.92 Å². The van der Waals surface area contributed by atoms with Gasteiger partial charge in [-0.15, -0.1) is 0 Å². The molecule has 54 valence electrons. The summed E-state index contributed by atoms with van der Waals surface area (Å²) in [5.41, 5.74) is 1.33. The molecule has 0 bridgehead atoms. The Labute approximate surface area is 83.4 Å². The van der Waals surface area contributed by atoms with E-state index in [9.17, 15) is 10.0 Å². The number of unbranched alkanes of at least 4 members (excludes halogenated alkanes) is 2. The normalized spacial score (nSPS) is 8.20. The van der Waals surface area contributed by atoms with Crippen molar-refractivity contribution in [3.63, 3.8) is 0 Å². The fourth-order valence-corrected chi connectivity index (χ4v) is 0.587. The van der Waals surface area contributed by atoms with Gasteiger partial charge in [0.2, 0.25) is 5.91 Å². The molecule has 1 amide bonds. The van der Waals surface area contributed by atoms with E-state index in [0.29, 0.717) is 6.42 Å². The van der Waals surface area contributed by atoms with E-state index in [1.54, 1.807) is 0 Å². The molecule has 4 heteroatoms. The Balaban J connectivity index is 0. The molecular formula is C6H12NNaO2. The third-order valence-electron chi connectivity index (χ3n) is 1.12. The van der Waals surface area contributed by atoms with E-state index in [4.69, 9.17) is 0 Å². The Kier molecular flexibility index (Phi) is 12.3. The zero-order valence-electron chi connectivity index (χ0n) is 6.64. The van der Waals surface area contributed by atoms with E-state index in [-0.39, 0.29) is 29.6 Å². The van der Waals surface area contributed by atoms with Crippen molar-refractivity contribution in [1.29, 1.82) is 0 Å². The SMILES string of the molecule is CCCCCC(=O)N[O-].[Na+]. The molecule has 0 saturated heterocycles. The van der Waals surface area contributed by atoms with Gasteiger partial charge in [-0.25, -0.2) is 0 Å². The molecule has 0 unspecified atom stereocenters. The average Bonchev–Trinajstić information content (AvgIpc) is 1.89. The summed E-state index contributed by atoms with van der Waals surface area (Å²) in [6.45, 7) is 2.05. The molecule has 0 aromatic carbocycles. The molecule has 3 nitrogen and oxygen atoms in total. The molecule has 0 radical (unpaired) electrons. The van der Waals surface area contributed by atoms with E-state index in [1.165, 1.54) is 5.48 Å². The molecule has 1 N–H and O–H groups in total. The van der Waals surface area contributed by atoms with Gasteiger partial charge in [0, 0.05) is 6.42 Å². The molecule has 0 aromatic rings. The van der Waals surface area contributed by atoms with Gasteiger partial charge in [0.25, 0.3) is 0 Å². The number of carbonyl (C=O) groups excluding carboxylic acids is 1. The maximum atomic E-state index is 10.3. The minimum atomic E-state index is -0.400. The summed E-state index contributed by atoms with van der Waals surface area (Å²) in [7, 11) is 0. The quantitative estimate of drug-likeness (QED) is 0.294. The fraction of sp³-hybridized carbons (Fsp3) is 0.833. The average molecular weight is 153 g/mol. The van der Waals surface area contributed by atoms with Crippen LogP contribution < -0.4 is 35.0 Å². The topological polar surface area (TPSA) is 52.2 Å². The maximum absolute atomic E-state index is 10.3. The molecule has 0 aromatic heterocycles. The number of hydrogen-bond donors (Lipinski definition) is 1. The Morgan fingerprint density at radius 1 is 1.50 bits per heavy atom. The van der Waals surface area contributed by atoms with Crippen LogP contribution in [0.3, 0.4) is 0 Å². The molecule has 0 heterocycles. The zero-order valence-corrected chi connectivity index (χ0v) is 8.64. The van der Waals surface area contributed by atoms with Crippen LogP contribution in [0.15, 0.2) is 0 Å². The van der Waals surface area contributed by atoms with Crippen LogP contribution in [0.4, 0.5) is 0 Å². The first-order valence-corrected chi connectivity index (χ1v) is 3.22. The third-order valence-corrected chi connectivity index (χ3v) is 1.12. The zero-order chi connectivity index (χ0) is 7.11. The van der Waals surface area contributed by atoms with Crippen LogP contribution in [0, 0.1) is 5.21 Å². The first-order valence-electron chi connectivity index (χ1n) is 3.22. The standard InChI is InChI=1S/C6H12NO2.Na/c1-2-3-4-5-6(8)7-9;/h2-5H2,1H3,(H-,7,8,9);/q-1;+1. The molecule has 0 saturated carbocycles. The fourth-order valence-electron chi connectivity index (χ4n) is 0.587. The Bertz CT molecular complexity index is 87.8. The van der Waals surface area contributed by atoms with Crippen molar-refractivity contribution in [1.82, 2.24) is 5.48 Å². The summed E-state index contributed by atoms with van der Waals surface area (Å²) in [4.78, 5) is 10.3. The second-order valence-corrected chi connectivity index (χ2v) is 1.98. The van der Waals surface area contributed by atoms with Crippen LogP contribution in [0.25, 0.3) is 0 Å². The van der Waals surface area contributed by atoms with Gasteiger partial charge in [-0.05, 0) is 6.42 Å². The smallest absolute Gasteiger partial charge is 0.759 e. The predicted molar refractivity (Wildman–Crippen MR) is 35.7 cm³/mol. The molecule has 0 aliphatic heterocycles. The molecule has 0 atom stereocenters. The van der Waals surface area contributed by atoms with Gasteiger partial charge in [0.05, 0.1) is 0 Å². The number of hydrogen-bond acceptors (Lipinski definition) is 2. The van der Waals surface area contributed by atoms with Crippen LogP contribution in [0.2, 0.25) is 0 Å². The molecule has 0 aliphatic carbocycles. The molecule has 0 spiro atoms. The van der Waals surface area contributed by atoms with Crippen LogP contribution in [0.5, 0.6) is 0 Å². The first-order chi connectivity index (χ1) is 4.31. The van der Waals surface area contributed by atoms with Gasteiger partial charge in [0.15, 0.2) is 0 Å². The van der Waals surface area contributed by atoms with Crippen LogP contribution >= 0.6 is 0 Å². The molecule has 10 heavy (non-hydrogen) atoms. The second kappa shape index (κ2) is 9.43. The van der Waals surface area contributed by atoms with Crippen LogP contribution in [-0.4, -0.2) is 5.91 Å². The van der Waals surface area contributed by atoms with Gasteiger partial charge >= 0.3 is 29.6 Å². The van der Waals surface area contributed by atoms with Crippen molar-refractivity contribution in [3.8, 4) is 0 Å². The van der Waals surface area contributed by atoms with Crippen LogP contribution in [0.1, 0.15) is 32.6 Å². The second-order valence-electron chi connectivity index (χ2n) is 1.98. The van der Waals surface area contributed by atoms with Crippen molar-refractivity contribution >= 4 is 5.91 Å². The summed E-state index contributed by atoms with van der Waals surface area (Å²) in [6, 6.07) is 0. The summed E-state index contributed by atoms with van der Waals surface area (Å²) < 4.78 is 0. The monoisotopic (exact) mass is 153 g/mol. The Hall–Kier alpha value is 0.430. The minimum Gasteiger partial charge on any atom is -0.759 e. The summed E-state index contributed by atoms with van der Waals surface area (Å²) >= 11 is 0. The van der Waals surface area contributed by atoms with Crippen molar-refractivity contribution in [2.24, 2.45) is 0 Å². The summed E-state index contributed by atoms with van der Waals surface area (Å²) in [6.07, 6.45) is 3.29. The number of nitrogens with one attached hydrogen (secondary N) is 1. The van der Waals surface area contributed by atoms with Gasteiger partial charge in [0.1, 0.15) is 0 Å². The van der Waals surface area contributed by atoms with Gasteiger partial charge in [-0.3, -0.25) is 4.79 Å². The third kappa shape index (κ3) is 8.43. The van der Waals surface area contributed by atoms with E-state index in [0.717, 1.165) is 19.3 Å². The minimum absolute atomic E-state index is 0. The molecule has 0 rings (SSSR count). The number of carbonyl (C=O) groups is 1. The van der Waals surface area contributed by atoms with Crippen molar-refractivity contribution in [2.75, 3.05) is 0 Å². The Morgan fingerprint density at radius 2 is 2.10 bits per heavy atom. The maximum Gasteiger partial charge on any atom is 1.00 e. The van der Waals surface area contributed by atoms with E-state index in [1.807, 2.05) is 0 Å². The molecular weight excluding hydrogens is 141 g/mol. The molecule has 0 aliphatic rings. The predicted octanol–water partition coefficient (Wildman–Crippen LogP) is -1.82. The van der Waals surface area contributed by atoms with E-state index < -0.39 is 5.91 Å². The van der Waals surface area contributed by atoms with Crippen molar-refractivity contribution < 1.29 is 34.4 Å². The largest absolute Gasteiger partial charge is 1.00 e. The van der Waals surface area contributed by atoms with Crippen molar-refractivity contribution in [3.05, 3.63) is 5.21 Å². The van der Waals surface area contributed by atoms with Gasteiger partial charge in [-0.2, -0.15) is 0 Å². The van der Waals surface area contributed by atoms with E-state index >= 15 is 0 Å². The summed E-state index contributed by atoms with van der Waals surface area (Å²) in [5, 5.41) is 9.62. The summed E-state index contributed by atoms with van der Waals surface area (Å²) in [5.74, 6) is -0.400. The number of hydroxylamine groups is 1. The van der Waals surface area contributed by atoms with Crippen molar-refractivity contribution in [2.45, 2.75) is 32.6 Å².